The lowest BCUT2D eigenvalue weighted by atomic mass is 9.84. The van der Waals surface area contributed by atoms with Crippen molar-refractivity contribution in [3.05, 3.63) is 59.7 Å². The molecule has 2 aromatic rings. The van der Waals surface area contributed by atoms with Crippen LogP contribution in [0.5, 0.6) is 0 Å². The summed E-state index contributed by atoms with van der Waals surface area (Å²) in [5.74, 6) is 0. The summed E-state index contributed by atoms with van der Waals surface area (Å²) in [5, 5.41) is 94.1. The summed E-state index contributed by atoms with van der Waals surface area (Å²) >= 11 is 0. The van der Waals surface area contributed by atoms with Gasteiger partial charge in [0.1, 0.15) is 61.0 Å². The maximum atomic E-state index is 13.5. The van der Waals surface area contributed by atoms with Crippen molar-refractivity contribution < 1.29 is 88.3 Å². The smallest absolute Gasteiger partial charge is 0.321 e. The Balaban J connectivity index is 0.630. The van der Waals surface area contributed by atoms with Gasteiger partial charge in [-0.05, 0) is 67.5 Å². The Morgan fingerprint density at radius 1 is 0.409 bits per heavy atom. The summed E-state index contributed by atoms with van der Waals surface area (Å²) in [6.45, 7) is 3.62. The van der Waals surface area contributed by atoms with Crippen LogP contribution in [0.1, 0.15) is 36.8 Å². The maximum absolute atomic E-state index is 13.5. The fourth-order valence-electron chi connectivity index (χ4n) is 13.7. The summed E-state index contributed by atoms with van der Waals surface area (Å²) in [6, 6.07) is 7.51. The SMILES string of the molecule is NCC1OC(OC2C(N)CC(N)C(OC3OC(CN4CCN(C(=O)Nc5ccc(Cc6ccc(NC(=O)N7CCN(CC8OC(OC9C(N)CC(N)C(OC%10OC(CN)C(O)CC%10N)C9O)C(O)C(N)C8O)CC7)cc6)cc5)CC4)C(O)C(N)C3O)C2O)C(N)CC1O. The molecule has 6 heterocycles. The zero-order valence-electron chi connectivity index (χ0n) is 52.0. The fraction of sp³-hybridized carbons (Fsp3) is 0.763. The lowest BCUT2D eigenvalue weighted by Gasteiger charge is -2.48. The monoisotopic (exact) mass is 1320 g/mol. The largest absolute Gasteiger partial charge is 0.390 e. The van der Waals surface area contributed by atoms with Gasteiger partial charge in [0, 0.05) is 114 Å². The van der Waals surface area contributed by atoms with Gasteiger partial charge in [0.25, 0.3) is 0 Å². The molecule has 93 heavy (non-hydrogen) atoms. The molecule has 30 N–H and O–H groups in total. The molecule has 2 saturated carbocycles. The standard InChI is InChI=1S/C59H100N16O18/c60-22-38-36(76)20-34(66)54(86-38)90-50-30(62)18-32(64)52(48(50)82)92-56-46(80)42(68)44(78)40(88-56)24-72-9-13-74(14-10-72)58(84)70-28-5-1-26(2-6-28)17-27-3-7-29(8-4-27)71-59(85)75-15-11-73(12-16-75)25-41-45(79)43(69)47(81)57(89-41)93-53-33(65)19-31(63)51(49(53)83)91-55-35(67)21-37(77)39(23-61)87-55/h1-8,30-57,76-83H,9-25,60-69H2,(H,70,84)(H,71,85). The van der Waals surface area contributed by atoms with Gasteiger partial charge < -0.3 is 157 Å². The van der Waals surface area contributed by atoms with Crippen LogP contribution in [0, 0.1) is 0 Å². The summed E-state index contributed by atoms with van der Waals surface area (Å²) < 4.78 is 48.4. The third-order valence-corrected chi connectivity index (χ3v) is 19.5. The predicted molar refractivity (Wildman–Crippen MR) is 332 cm³/mol. The normalized spacial score (nSPS) is 42.4. The molecular formula is C59H100N16O18. The third-order valence-electron chi connectivity index (χ3n) is 19.5. The number of carbonyl (C=O) groups excluding carboxylic acids is 2. The average molecular weight is 1320 g/mol. The van der Waals surface area contributed by atoms with Crippen molar-refractivity contribution in [2.75, 3.05) is 89.2 Å². The molecule has 6 aliphatic heterocycles. The van der Waals surface area contributed by atoms with E-state index in [0.29, 0.717) is 70.2 Å². The second-order valence-electron chi connectivity index (χ2n) is 26.2. The van der Waals surface area contributed by atoms with Gasteiger partial charge in [0.05, 0.1) is 60.8 Å². The van der Waals surface area contributed by atoms with Crippen LogP contribution < -0.4 is 68.0 Å². The number of piperazine rings is 2. The molecule has 0 bridgehead atoms. The molecule has 4 amide bonds. The van der Waals surface area contributed by atoms with Gasteiger partial charge in [-0.2, -0.15) is 0 Å². The summed E-state index contributed by atoms with van der Waals surface area (Å²) in [6.07, 6.45) is -21.6. The van der Waals surface area contributed by atoms with Crippen molar-refractivity contribution in [1.29, 1.82) is 0 Å². The highest BCUT2D eigenvalue weighted by Crippen LogP contribution is 2.34. The van der Waals surface area contributed by atoms with Crippen LogP contribution in [0.3, 0.4) is 0 Å². The predicted octanol–water partition coefficient (Wildman–Crippen LogP) is -8.97. The van der Waals surface area contributed by atoms with E-state index in [9.17, 15) is 50.4 Å². The van der Waals surface area contributed by atoms with E-state index in [4.69, 9.17) is 95.2 Å². The number of nitrogens with one attached hydrogen (secondary N) is 2. The highest BCUT2D eigenvalue weighted by Gasteiger charge is 2.53. The first kappa shape index (κ1) is 71.6. The molecule has 6 saturated heterocycles. The van der Waals surface area contributed by atoms with Crippen molar-refractivity contribution in [1.82, 2.24) is 19.6 Å². The van der Waals surface area contributed by atoms with Gasteiger partial charge >= 0.3 is 12.1 Å². The number of amides is 4. The quantitative estimate of drug-likeness (QED) is 0.0659. The van der Waals surface area contributed by atoms with Crippen LogP contribution in [-0.2, 0) is 44.3 Å². The Morgan fingerprint density at radius 2 is 0.720 bits per heavy atom. The third kappa shape index (κ3) is 16.9. The number of benzene rings is 2. The van der Waals surface area contributed by atoms with Crippen molar-refractivity contribution in [2.45, 2.75) is 203 Å². The molecule has 0 aromatic heterocycles. The van der Waals surface area contributed by atoms with Crippen LogP contribution in [0.4, 0.5) is 21.0 Å². The second-order valence-corrected chi connectivity index (χ2v) is 26.2. The van der Waals surface area contributed by atoms with Gasteiger partial charge in [-0.25, -0.2) is 9.59 Å². The Kier molecular flexibility index (Phi) is 24.3. The Morgan fingerprint density at radius 3 is 1.04 bits per heavy atom. The highest BCUT2D eigenvalue weighted by atomic mass is 16.7. The number of nitrogens with two attached hydrogens (primary N) is 10. The molecule has 0 radical (unpaired) electrons. The van der Waals surface area contributed by atoms with Crippen molar-refractivity contribution >= 4 is 23.4 Å². The van der Waals surface area contributed by atoms with Gasteiger partial charge in [-0.3, -0.25) is 9.80 Å². The zero-order chi connectivity index (χ0) is 66.7. The van der Waals surface area contributed by atoms with Crippen molar-refractivity contribution in [2.24, 2.45) is 57.3 Å². The van der Waals surface area contributed by atoms with Crippen LogP contribution in [0.15, 0.2) is 48.5 Å². The first-order chi connectivity index (χ1) is 44.4. The van der Waals surface area contributed by atoms with E-state index >= 15 is 0 Å². The first-order valence-electron chi connectivity index (χ1n) is 32.3. The molecule has 34 heteroatoms. The minimum Gasteiger partial charge on any atom is -0.390 e. The van der Waals surface area contributed by atoms with Gasteiger partial charge in [-0.15, -0.1) is 0 Å². The molecular weight excluding hydrogens is 1220 g/mol. The molecule has 524 valence electrons. The number of hydrogen-bond acceptors (Lipinski definition) is 30. The molecule has 8 fully saturated rings. The van der Waals surface area contributed by atoms with Crippen LogP contribution in [0.25, 0.3) is 0 Å². The van der Waals surface area contributed by atoms with Gasteiger partial charge in [0.2, 0.25) is 0 Å². The minimum atomic E-state index is -1.49. The van der Waals surface area contributed by atoms with E-state index in [1.807, 2.05) is 58.3 Å². The number of urea groups is 2. The fourth-order valence-corrected chi connectivity index (χ4v) is 13.7. The van der Waals surface area contributed by atoms with E-state index in [0.717, 1.165) is 11.1 Å². The van der Waals surface area contributed by atoms with E-state index < -0.39 is 171 Å². The Bertz CT molecular complexity index is 2520. The van der Waals surface area contributed by atoms with Crippen molar-refractivity contribution in [3.63, 3.8) is 0 Å². The topological polar surface area (TPSA) is 567 Å². The van der Waals surface area contributed by atoms with Crippen molar-refractivity contribution in [3.8, 4) is 0 Å². The van der Waals surface area contributed by atoms with Crippen LogP contribution >= 0.6 is 0 Å². The Hall–Kier alpha value is -4.14. The number of ether oxygens (including phenoxy) is 8. The zero-order valence-corrected chi connectivity index (χ0v) is 52.0. The van der Waals surface area contributed by atoms with Crippen LogP contribution in [0.2, 0.25) is 0 Å². The summed E-state index contributed by atoms with van der Waals surface area (Å²) in [4.78, 5) is 34.3. The average Bonchev–Trinajstić information content (AvgIpc) is 0.833. The second kappa shape index (κ2) is 31.6. The van der Waals surface area contributed by atoms with Gasteiger partial charge in [0.15, 0.2) is 25.2 Å². The van der Waals surface area contributed by atoms with E-state index in [1.54, 1.807) is 9.80 Å². The van der Waals surface area contributed by atoms with Crippen LogP contribution in [-0.4, -0.2) is 322 Å². The molecule has 10 rings (SSSR count). The number of rotatable bonds is 18. The molecule has 28 unspecified atom stereocenters. The minimum absolute atomic E-state index is 0.0175. The van der Waals surface area contributed by atoms with E-state index in [-0.39, 0.29) is 63.9 Å². The molecule has 0 spiro atoms. The molecule has 34 nitrogen and oxygen atoms in total. The summed E-state index contributed by atoms with van der Waals surface area (Å²) in [7, 11) is 0. The molecule has 8 aliphatic rings. The van der Waals surface area contributed by atoms with E-state index in [1.165, 1.54) is 0 Å². The lowest BCUT2D eigenvalue weighted by molar-refractivity contribution is -0.313. The number of aliphatic hydroxyl groups excluding tert-OH is 8. The maximum Gasteiger partial charge on any atom is 0.321 e. The number of carbonyl (C=O) groups is 2. The number of hydrogen-bond donors (Lipinski definition) is 20. The summed E-state index contributed by atoms with van der Waals surface area (Å²) in [5.41, 5.74) is 65.4. The molecule has 2 aliphatic carbocycles. The number of nitrogens with zero attached hydrogens (tertiary/aromatic N) is 4. The number of aliphatic hydroxyl groups is 8. The molecule has 28 atom stereocenters. The lowest BCUT2D eigenvalue weighted by Crippen LogP contribution is -2.68. The first-order valence-corrected chi connectivity index (χ1v) is 32.3. The van der Waals surface area contributed by atoms with Gasteiger partial charge in [-0.1, -0.05) is 24.3 Å². The highest BCUT2D eigenvalue weighted by molar-refractivity contribution is 5.90. The molecule has 2 aromatic carbocycles. The van der Waals surface area contributed by atoms with E-state index in [2.05, 4.69) is 10.6 Å². The number of anilines is 2. The Labute approximate surface area is 539 Å².